The molecule has 27 heavy (non-hydrogen) atoms. The topological polar surface area (TPSA) is 74.5 Å². The number of carbonyl (C=O) groups is 1. The lowest BCUT2D eigenvalue weighted by Crippen LogP contribution is -2.30. The zero-order valence-electron chi connectivity index (χ0n) is 16.2. The molecule has 1 aromatic heterocycles. The Hall–Kier alpha value is -2.76. The Balaban J connectivity index is 1.72. The smallest absolute Gasteiger partial charge is 0.306 e. The van der Waals surface area contributed by atoms with Gasteiger partial charge in [-0.2, -0.15) is 0 Å². The zero-order chi connectivity index (χ0) is 19.7. The summed E-state index contributed by atoms with van der Waals surface area (Å²) in [6.07, 6.45) is 3.42. The summed E-state index contributed by atoms with van der Waals surface area (Å²) >= 11 is 0. The van der Waals surface area contributed by atoms with E-state index in [1.807, 2.05) is 30.3 Å². The molecule has 0 aliphatic rings. The fourth-order valence-electron chi connectivity index (χ4n) is 2.83. The number of anilines is 1. The Morgan fingerprint density at radius 1 is 1.19 bits per heavy atom. The Morgan fingerprint density at radius 2 is 1.93 bits per heavy atom. The number of rotatable bonds is 10. The first-order valence-corrected chi connectivity index (χ1v) is 9.10. The normalized spacial score (nSPS) is 11.1. The predicted molar refractivity (Wildman–Crippen MR) is 105 cm³/mol. The van der Waals surface area contributed by atoms with E-state index in [-0.39, 0.29) is 11.4 Å². The molecule has 6 nitrogen and oxygen atoms in total. The third kappa shape index (κ3) is 7.17. The first-order valence-electron chi connectivity index (χ1n) is 9.10. The fourth-order valence-corrected chi connectivity index (χ4v) is 2.83. The second kappa shape index (κ2) is 9.80. The lowest BCUT2D eigenvalue weighted by atomic mass is 9.83. The molecule has 0 aliphatic carbocycles. The van der Waals surface area contributed by atoms with Crippen LogP contribution in [0, 0.1) is 10.6 Å². The van der Waals surface area contributed by atoms with Crippen LogP contribution in [-0.4, -0.2) is 26.2 Å². The summed E-state index contributed by atoms with van der Waals surface area (Å²) in [4.78, 5) is 11.5. The van der Waals surface area contributed by atoms with Crippen molar-refractivity contribution in [3.05, 3.63) is 59.4 Å². The number of hydrogen-bond acceptors (Lipinski definition) is 5. The molecule has 1 aromatic carbocycles. The Kier molecular flexibility index (Phi) is 7.46. The maximum Gasteiger partial charge on any atom is 0.306 e. The summed E-state index contributed by atoms with van der Waals surface area (Å²) in [6, 6.07) is 13.2. The van der Waals surface area contributed by atoms with Crippen molar-refractivity contribution in [3.8, 4) is 5.75 Å². The summed E-state index contributed by atoms with van der Waals surface area (Å²) < 4.78 is 11.3. The van der Waals surface area contributed by atoms with Gasteiger partial charge in [0, 0.05) is 12.5 Å². The van der Waals surface area contributed by atoms with Crippen LogP contribution in [0.4, 0.5) is 5.82 Å². The molecule has 0 spiro atoms. The SMILES string of the molecule is COC(=O)CC(C)(C)Cc1ccc(OCCCNc2cccc[n+]2[O-])cc1. The number of hydrogen-bond donors (Lipinski definition) is 1. The number of benzene rings is 1. The Labute approximate surface area is 160 Å². The first-order chi connectivity index (χ1) is 12.9. The van der Waals surface area contributed by atoms with Crippen molar-refractivity contribution in [2.75, 3.05) is 25.6 Å². The average Bonchev–Trinajstić information content (AvgIpc) is 2.63. The summed E-state index contributed by atoms with van der Waals surface area (Å²) in [7, 11) is 1.42. The highest BCUT2D eigenvalue weighted by Crippen LogP contribution is 2.27. The van der Waals surface area contributed by atoms with Gasteiger partial charge in [0.25, 0.3) is 5.82 Å². The van der Waals surface area contributed by atoms with E-state index >= 15 is 0 Å². The van der Waals surface area contributed by atoms with Gasteiger partial charge in [-0.15, -0.1) is 0 Å². The second-order valence-corrected chi connectivity index (χ2v) is 7.28. The largest absolute Gasteiger partial charge is 0.711 e. The van der Waals surface area contributed by atoms with Gasteiger partial charge in [0.15, 0.2) is 0 Å². The number of carbonyl (C=O) groups excluding carboxylic acids is 1. The highest BCUT2D eigenvalue weighted by atomic mass is 16.5. The number of esters is 1. The minimum absolute atomic E-state index is 0.156. The van der Waals surface area contributed by atoms with Gasteiger partial charge in [-0.1, -0.05) is 32.0 Å². The van der Waals surface area contributed by atoms with Crippen LogP contribution < -0.4 is 14.8 Å². The fraction of sp³-hybridized carbons (Fsp3) is 0.429. The van der Waals surface area contributed by atoms with E-state index in [4.69, 9.17) is 9.47 Å². The van der Waals surface area contributed by atoms with Crippen molar-refractivity contribution in [2.45, 2.75) is 33.1 Å². The number of ether oxygens (including phenoxy) is 2. The molecule has 0 atom stereocenters. The standard InChI is InChI=1S/C21H28N2O4/c1-21(2,16-20(24)26-3)15-17-8-10-18(11-9-17)27-14-6-12-22-19-7-4-5-13-23(19)25/h4-5,7-11,13,22H,6,12,14-16H2,1-3H3. The van der Waals surface area contributed by atoms with Crippen LogP contribution in [-0.2, 0) is 16.0 Å². The molecular formula is C21H28N2O4. The van der Waals surface area contributed by atoms with E-state index in [0.717, 1.165) is 28.9 Å². The van der Waals surface area contributed by atoms with Gasteiger partial charge in [-0.05, 0) is 35.6 Å². The minimum atomic E-state index is -0.188. The van der Waals surface area contributed by atoms with E-state index in [1.54, 1.807) is 12.1 Å². The van der Waals surface area contributed by atoms with Crippen LogP contribution in [0.5, 0.6) is 5.75 Å². The van der Waals surface area contributed by atoms with Crippen LogP contribution in [0.15, 0.2) is 48.7 Å². The number of pyridine rings is 1. The molecule has 1 heterocycles. The van der Waals surface area contributed by atoms with Gasteiger partial charge in [0.1, 0.15) is 5.75 Å². The summed E-state index contributed by atoms with van der Waals surface area (Å²) in [5.74, 6) is 1.16. The monoisotopic (exact) mass is 372 g/mol. The number of aromatic nitrogens is 1. The van der Waals surface area contributed by atoms with Gasteiger partial charge in [-0.3, -0.25) is 10.1 Å². The highest BCUT2D eigenvalue weighted by Gasteiger charge is 2.23. The molecule has 0 fully saturated rings. The van der Waals surface area contributed by atoms with Gasteiger partial charge in [-0.25, -0.2) is 4.73 Å². The van der Waals surface area contributed by atoms with Crippen LogP contribution >= 0.6 is 0 Å². The number of nitrogens with one attached hydrogen (secondary N) is 1. The van der Waals surface area contributed by atoms with Crippen LogP contribution in [0.3, 0.4) is 0 Å². The minimum Gasteiger partial charge on any atom is -0.711 e. The van der Waals surface area contributed by atoms with Crippen molar-refractivity contribution >= 4 is 11.8 Å². The molecule has 0 saturated carbocycles. The van der Waals surface area contributed by atoms with Gasteiger partial charge >= 0.3 is 5.97 Å². The lowest BCUT2D eigenvalue weighted by Gasteiger charge is -2.23. The molecule has 0 amide bonds. The molecule has 1 N–H and O–H groups in total. The van der Waals surface area contributed by atoms with Crippen molar-refractivity contribution < 1.29 is 19.0 Å². The maximum absolute atomic E-state index is 11.5. The summed E-state index contributed by atoms with van der Waals surface area (Å²) in [5.41, 5.74) is 0.999. The summed E-state index contributed by atoms with van der Waals surface area (Å²) in [5, 5.41) is 14.6. The van der Waals surface area contributed by atoms with Crippen LogP contribution in [0.25, 0.3) is 0 Å². The van der Waals surface area contributed by atoms with Gasteiger partial charge < -0.3 is 14.7 Å². The van der Waals surface area contributed by atoms with Crippen molar-refractivity contribution in [3.63, 3.8) is 0 Å². The quantitative estimate of drug-likeness (QED) is 0.300. The molecule has 0 radical (unpaired) electrons. The average molecular weight is 372 g/mol. The number of nitrogens with zero attached hydrogens (tertiary/aromatic N) is 1. The molecule has 0 aliphatic heterocycles. The Morgan fingerprint density at radius 3 is 2.59 bits per heavy atom. The van der Waals surface area contributed by atoms with E-state index < -0.39 is 0 Å². The molecule has 146 valence electrons. The molecule has 0 saturated heterocycles. The Bertz CT molecular complexity index is 729. The van der Waals surface area contributed by atoms with Gasteiger partial charge in [0.05, 0.1) is 32.9 Å². The zero-order valence-corrected chi connectivity index (χ0v) is 16.2. The molecular weight excluding hydrogens is 344 g/mol. The van der Waals surface area contributed by atoms with Crippen molar-refractivity contribution in [1.29, 1.82) is 0 Å². The van der Waals surface area contributed by atoms with Crippen LogP contribution in [0.1, 0.15) is 32.3 Å². The van der Waals surface area contributed by atoms with Gasteiger partial charge in [0.2, 0.25) is 0 Å². The molecule has 2 aromatic rings. The summed E-state index contributed by atoms with van der Waals surface area (Å²) in [6.45, 7) is 5.33. The van der Waals surface area contributed by atoms with Crippen LogP contribution in [0.2, 0.25) is 0 Å². The maximum atomic E-state index is 11.5. The van der Waals surface area contributed by atoms with E-state index in [9.17, 15) is 10.0 Å². The molecule has 2 rings (SSSR count). The molecule has 6 heteroatoms. The van der Waals surface area contributed by atoms with E-state index in [2.05, 4.69) is 19.2 Å². The highest BCUT2D eigenvalue weighted by molar-refractivity contribution is 5.70. The van der Waals surface area contributed by atoms with Crippen molar-refractivity contribution in [2.24, 2.45) is 5.41 Å². The predicted octanol–water partition coefficient (Wildman–Crippen LogP) is 3.33. The van der Waals surface area contributed by atoms with Crippen molar-refractivity contribution in [1.82, 2.24) is 0 Å². The van der Waals surface area contributed by atoms with E-state index in [1.165, 1.54) is 13.3 Å². The molecule has 0 bridgehead atoms. The lowest BCUT2D eigenvalue weighted by molar-refractivity contribution is -0.590. The second-order valence-electron chi connectivity index (χ2n) is 7.28. The third-order valence-corrected chi connectivity index (χ3v) is 4.18. The number of methoxy groups -OCH3 is 1. The first kappa shape index (κ1) is 20.6. The van der Waals surface area contributed by atoms with E-state index in [0.29, 0.717) is 25.4 Å². The molecule has 0 unspecified atom stereocenters. The third-order valence-electron chi connectivity index (χ3n) is 4.18.